The lowest BCUT2D eigenvalue weighted by Crippen LogP contribution is -2.37. The Kier molecular flexibility index (Phi) is 4.77. The molecule has 1 fully saturated rings. The number of nitrogens with one attached hydrogen (secondary N) is 1. The van der Waals surface area contributed by atoms with Crippen molar-refractivity contribution in [3.05, 3.63) is 24.0 Å². The van der Waals surface area contributed by atoms with E-state index >= 15 is 0 Å². The first-order valence-electron chi connectivity index (χ1n) is 7.24. The molecule has 1 heterocycles. The number of aromatic nitrogens is 1. The monoisotopic (exact) mass is 291 g/mol. The molecule has 0 aromatic carbocycles. The molecular weight excluding hydrogens is 270 g/mol. The van der Waals surface area contributed by atoms with E-state index in [1.807, 2.05) is 6.92 Å². The topological polar surface area (TPSA) is 94.3 Å². The van der Waals surface area contributed by atoms with E-state index in [-0.39, 0.29) is 5.97 Å². The summed E-state index contributed by atoms with van der Waals surface area (Å²) < 4.78 is 5.21. The number of primary amides is 1. The number of nitrogens with two attached hydrogens (primary N) is 1. The van der Waals surface area contributed by atoms with Crippen molar-refractivity contribution in [3.8, 4) is 0 Å². The predicted molar refractivity (Wildman–Crippen MR) is 78.8 cm³/mol. The average molecular weight is 291 g/mol. The Bertz CT molecular complexity index is 525. The Labute approximate surface area is 124 Å². The van der Waals surface area contributed by atoms with Crippen LogP contribution in [0.4, 0.5) is 5.69 Å². The van der Waals surface area contributed by atoms with Gasteiger partial charge in [-0.1, -0.05) is 12.8 Å². The SMILES string of the molecule is CCOC(=O)C1(CNc2ccncc2C(N)=O)CCCC1. The highest BCUT2D eigenvalue weighted by atomic mass is 16.5. The maximum atomic E-state index is 12.2. The van der Waals surface area contributed by atoms with Crippen molar-refractivity contribution in [1.29, 1.82) is 0 Å². The van der Waals surface area contributed by atoms with Gasteiger partial charge in [0.2, 0.25) is 0 Å². The van der Waals surface area contributed by atoms with Crippen molar-refractivity contribution >= 4 is 17.6 Å². The van der Waals surface area contributed by atoms with E-state index < -0.39 is 11.3 Å². The van der Waals surface area contributed by atoms with E-state index in [4.69, 9.17) is 10.5 Å². The van der Waals surface area contributed by atoms with Crippen LogP contribution in [-0.4, -0.2) is 30.0 Å². The van der Waals surface area contributed by atoms with Gasteiger partial charge < -0.3 is 15.8 Å². The molecule has 0 atom stereocenters. The average Bonchev–Trinajstić information content (AvgIpc) is 2.96. The Morgan fingerprint density at radius 3 is 2.76 bits per heavy atom. The normalized spacial score (nSPS) is 16.4. The quantitative estimate of drug-likeness (QED) is 0.778. The molecule has 0 unspecified atom stereocenters. The predicted octanol–water partition coefficient (Wildman–Crippen LogP) is 1.72. The van der Waals surface area contributed by atoms with Crippen LogP contribution in [0.3, 0.4) is 0 Å². The summed E-state index contributed by atoms with van der Waals surface area (Å²) in [5.41, 5.74) is 5.76. The molecule has 21 heavy (non-hydrogen) atoms. The summed E-state index contributed by atoms with van der Waals surface area (Å²) in [5, 5.41) is 3.18. The van der Waals surface area contributed by atoms with Crippen molar-refractivity contribution < 1.29 is 14.3 Å². The molecule has 1 amide bonds. The molecule has 0 spiro atoms. The van der Waals surface area contributed by atoms with E-state index in [2.05, 4.69) is 10.3 Å². The van der Waals surface area contributed by atoms with Gasteiger partial charge in [0.05, 0.1) is 23.3 Å². The van der Waals surface area contributed by atoms with Gasteiger partial charge in [0.15, 0.2) is 0 Å². The molecule has 6 heteroatoms. The van der Waals surface area contributed by atoms with Gasteiger partial charge in [0.25, 0.3) is 5.91 Å². The third kappa shape index (κ3) is 3.32. The third-order valence-electron chi connectivity index (χ3n) is 3.97. The highest BCUT2D eigenvalue weighted by Crippen LogP contribution is 2.39. The number of hydrogen-bond acceptors (Lipinski definition) is 5. The first-order chi connectivity index (χ1) is 10.1. The molecule has 0 radical (unpaired) electrons. The van der Waals surface area contributed by atoms with Crippen molar-refractivity contribution in [2.45, 2.75) is 32.6 Å². The lowest BCUT2D eigenvalue weighted by atomic mass is 9.86. The molecule has 1 aliphatic carbocycles. The van der Waals surface area contributed by atoms with Crippen LogP contribution in [0.25, 0.3) is 0 Å². The van der Waals surface area contributed by atoms with E-state index in [0.29, 0.717) is 24.4 Å². The van der Waals surface area contributed by atoms with E-state index in [0.717, 1.165) is 25.7 Å². The second-order valence-corrected chi connectivity index (χ2v) is 5.35. The summed E-state index contributed by atoms with van der Waals surface area (Å²) in [6, 6.07) is 1.69. The summed E-state index contributed by atoms with van der Waals surface area (Å²) in [6.45, 7) is 2.63. The molecule has 1 aromatic rings. The molecule has 1 aromatic heterocycles. The van der Waals surface area contributed by atoms with Gasteiger partial charge in [0, 0.05) is 18.9 Å². The Morgan fingerprint density at radius 2 is 2.14 bits per heavy atom. The van der Waals surface area contributed by atoms with Gasteiger partial charge in [-0.15, -0.1) is 0 Å². The van der Waals surface area contributed by atoms with Gasteiger partial charge in [-0.2, -0.15) is 0 Å². The fourth-order valence-corrected chi connectivity index (χ4v) is 2.80. The molecule has 1 aliphatic rings. The van der Waals surface area contributed by atoms with Crippen LogP contribution in [0.1, 0.15) is 43.0 Å². The maximum absolute atomic E-state index is 12.2. The second kappa shape index (κ2) is 6.56. The molecule has 1 saturated carbocycles. The number of anilines is 1. The van der Waals surface area contributed by atoms with Gasteiger partial charge >= 0.3 is 5.97 Å². The number of carbonyl (C=O) groups is 2. The summed E-state index contributed by atoms with van der Waals surface area (Å²) in [7, 11) is 0. The summed E-state index contributed by atoms with van der Waals surface area (Å²) in [5.74, 6) is -0.702. The van der Waals surface area contributed by atoms with Crippen molar-refractivity contribution in [1.82, 2.24) is 4.98 Å². The number of nitrogens with zero attached hydrogens (tertiary/aromatic N) is 1. The zero-order chi connectivity index (χ0) is 15.3. The van der Waals surface area contributed by atoms with Crippen LogP contribution >= 0.6 is 0 Å². The van der Waals surface area contributed by atoms with Crippen LogP contribution < -0.4 is 11.1 Å². The van der Waals surface area contributed by atoms with E-state index in [1.165, 1.54) is 6.20 Å². The van der Waals surface area contributed by atoms with Crippen LogP contribution in [0.5, 0.6) is 0 Å². The Hall–Kier alpha value is -2.11. The molecule has 6 nitrogen and oxygen atoms in total. The molecule has 0 bridgehead atoms. The standard InChI is InChI=1S/C15H21N3O3/c1-2-21-14(20)15(6-3-4-7-15)10-18-12-5-8-17-9-11(12)13(16)19/h5,8-9H,2-4,6-7,10H2,1H3,(H2,16,19)(H,17,18). The zero-order valence-electron chi connectivity index (χ0n) is 12.2. The lowest BCUT2D eigenvalue weighted by molar-refractivity contribution is -0.154. The molecule has 114 valence electrons. The molecule has 0 saturated heterocycles. The van der Waals surface area contributed by atoms with Gasteiger partial charge in [-0.25, -0.2) is 0 Å². The van der Waals surface area contributed by atoms with Gasteiger partial charge in [-0.05, 0) is 25.8 Å². The summed E-state index contributed by atoms with van der Waals surface area (Å²) in [4.78, 5) is 27.5. The van der Waals surface area contributed by atoms with Crippen molar-refractivity contribution in [2.24, 2.45) is 11.1 Å². The zero-order valence-corrected chi connectivity index (χ0v) is 12.2. The number of amides is 1. The highest BCUT2D eigenvalue weighted by Gasteiger charge is 2.42. The van der Waals surface area contributed by atoms with E-state index in [9.17, 15) is 9.59 Å². The number of pyridine rings is 1. The summed E-state index contributed by atoms with van der Waals surface area (Å²) >= 11 is 0. The molecule has 0 aliphatic heterocycles. The number of carbonyl (C=O) groups excluding carboxylic acids is 2. The Balaban J connectivity index is 2.13. The van der Waals surface area contributed by atoms with Crippen LogP contribution in [-0.2, 0) is 9.53 Å². The van der Waals surface area contributed by atoms with Crippen LogP contribution in [0.15, 0.2) is 18.5 Å². The largest absolute Gasteiger partial charge is 0.466 e. The Morgan fingerprint density at radius 1 is 1.43 bits per heavy atom. The van der Waals surface area contributed by atoms with Crippen LogP contribution in [0.2, 0.25) is 0 Å². The third-order valence-corrected chi connectivity index (χ3v) is 3.97. The number of rotatable bonds is 6. The number of ether oxygens (including phenoxy) is 1. The number of hydrogen-bond donors (Lipinski definition) is 2. The second-order valence-electron chi connectivity index (χ2n) is 5.35. The molecule has 3 N–H and O–H groups in total. The van der Waals surface area contributed by atoms with Gasteiger partial charge in [-0.3, -0.25) is 14.6 Å². The number of esters is 1. The highest BCUT2D eigenvalue weighted by molar-refractivity contribution is 5.98. The minimum atomic E-state index is -0.540. The smallest absolute Gasteiger partial charge is 0.313 e. The maximum Gasteiger partial charge on any atom is 0.313 e. The molecule has 2 rings (SSSR count). The van der Waals surface area contributed by atoms with Gasteiger partial charge in [0.1, 0.15) is 0 Å². The van der Waals surface area contributed by atoms with Crippen LogP contribution in [0, 0.1) is 5.41 Å². The molecular formula is C15H21N3O3. The lowest BCUT2D eigenvalue weighted by Gasteiger charge is -2.27. The minimum Gasteiger partial charge on any atom is -0.466 e. The first-order valence-corrected chi connectivity index (χ1v) is 7.24. The van der Waals surface area contributed by atoms with Crippen molar-refractivity contribution in [3.63, 3.8) is 0 Å². The van der Waals surface area contributed by atoms with Crippen molar-refractivity contribution in [2.75, 3.05) is 18.5 Å². The summed E-state index contributed by atoms with van der Waals surface area (Å²) in [6.07, 6.45) is 6.64. The fraction of sp³-hybridized carbons (Fsp3) is 0.533. The first kappa shape index (κ1) is 15.3. The van der Waals surface area contributed by atoms with E-state index in [1.54, 1.807) is 12.3 Å². The minimum absolute atomic E-state index is 0.162. The fourth-order valence-electron chi connectivity index (χ4n) is 2.80.